The number of rotatable bonds is 0. The first-order valence-corrected chi connectivity index (χ1v) is 17.0. The van der Waals surface area contributed by atoms with E-state index in [0.29, 0.717) is 23.4 Å². The van der Waals surface area contributed by atoms with E-state index in [-0.39, 0.29) is 17.3 Å². The summed E-state index contributed by atoms with van der Waals surface area (Å²) in [5.74, 6) is 1.98. The van der Waals surface area contributed by atoms with Crippen molar-refractivity contribution in [3.63, 3.8) is 0 Å². The lowest BCUT2D eigenvalue weighted by molar-refractivity contribution is 0.0891. The van der Waals surface area contributed by atoms with E-state index in [0.717, 1.165) is 73.5 Å². The lowest BCUT2D eigenvalue weighted by atomic mass is 9.81. The molecule has 44 heavy (non-hydrogen) atoms. The highest BCUT2D eigenvalue weighted by Crippen LogP contribution is 2.57. The molecule has 216 valence electrons. The summed E-state index contributed by atoms with van der Waals surface area (Å²) in [6.07, 6.45) is 8.55. The van der Waals surface area contributed by atoms with Crippen LogP contribution in [0.3, 0.4) is 0 Å². The van der Waals surface area contributed by atoms with E-state index in [2.05, 4.69) is 72.8 Å². The van der Waals surface area contributed by atoms with Gasteiger partial charge in [-0.1, -0.05) is 38.1 Å². The van der Waals surface area contributed by atoms with Crippen molar-refractivity contribution in [2.45, 2.75) is 82.5 Å². The van der Waals surface area contributed by atoms with E-state index in [1.165, 1.54) is 60.4 Å². The molecule has 2 fully saturated rings. The maximum absolute atomic E-state index is 13.9. The first-order chi connectivity index (χ1) is 21.4. The summed E-state index contributed by atoms with van der Waals surface area (Å²) in [6, 6.07) is 20.8. The number of nitrogens with zero attached hydrogens (tertiary/aromatic N) is 1. The Morgan fingerprint density at radius 2 is 1.14 bits per heavy atom. The fourth-order valence-corrected chi connectivity index (χ4v) is 10.8. The summed E-state index contributed by atoms with van der Waals surface area (Å²) in [5.41, 5.74) is 13.4. The predicted octanol–water partition coefficient (Wildman–Crippen LogP) is 10.1. The first kappa shape index (κ1) is 24.4. The van der Waals surface area contributed by atoms with Crippen LogP contribution in [0.5, 0.6) is 0 Å². The molecule has 3 nitrogen and oxygen atoms in total. The molecule has 0 unspecified atom stereocenters. The highest BCUT2D eigenvalue weighted by Gasteiger charge is 2.41. The average Bonchev–Trinajstić information content (AvgIpc) is 3.49. The molecule has 3 heteroatoms. The maximum Gasteiger partial charge on any atom is 0.166 e. The Morgan fingerprint density at radius 3 is 1.77 bits per heavy atom. The molecule has 0 N–H and O–H groups in total. The molecule has 0 amide bonds. The normalized spacial score (nSPS) is 26.4. The Labute approximate surface area is 256 Å². The summed E-state index contributed by atoms with van der Waals surface area (Å²) in [6.45, 7) is 4.76. The molecule has 7 aliphatic carbocycles. The fourth-order valence-electron chi connectivity index (χ4n) is 10.8. The minimum absolute atomic E-state index is 0.117. The van der Waals surface area contributed by atoms with Crippen molar-refractivity contribution >= 4 is 49.7 Å². The molecule has 0 radical (unpaired) electrons. The van der Waals surface area contributed by atoms with Gasteiger partial charge < -0.3 is 4.40 Å². The second kappa shape index (κ2) is 7.80. The zero-order valence-corrected chi connectivity index (χ0v) is 25.4. The monoisotopic (exact) mass is 573 g/mol. The van der Waals surface area contributed by atoms with Crippen molar-refractivity contribution in [2.75, 3.05) is 0 Å². The summed E-state index contributed by atoms with van der Waals surface area (Å²) >= 11 is 0. The molecular weight excluding hydrogens is 538 g/mol. The third-order valence-electron chi connectivity index (χ3n) is 13.1. The number of hydrogen-bond acceptors (Lipinski definition) is 2. The summed E-state index contributed by atoms with van der Waals surface area (Å²) in [7, 11) is 0. The number of hydrogen-bond donors (Lipinski definition) is 0. The molecule has 0 spiro atoms. The third-order valence-corrected chi connectivity index (χ3v) is 13.1. The van der Waals surface area contributed by atoms with E-state index in [9.17, 15) is 9.59 Å². The zero-order chi connectivity index (χ0) is 29.2. The molecule has 7 aliphatic rings. The second-order valence-corrected chi connectivity index (χ2v) is 15.3. The topological polar surface area (TPSA) is 38.5 Å². The molecule has 4 bridgehead atoms. The fraction of sp³-hybridized carbons (Fsp3) is 0.366. The van der Waals surface area contributed by atoms with E-state index < -0.39 is 0 Å². The number of fused-ring (bicyclic) bond motifs is 14. The van der Waals surface area contributed by atoms with Gasteiger partial charge in [0, 0.05) is 49.9 Å². The largest absolute Gasteiger partial charge is 0.308 e. The zero-order valence-electron chi connectivity index (χ0n) is 25.4. The third kappa shape index (κ3) is 2.70. The molecule has 13 rings (SSSR count). The van der Waals surface area contributed by atoms with Crippen molar-refractivity contribution < 1.29 is 9.59 Å². The van der Waals surface area contributed by atoms with E-state index in [1.807, 2.05) is 0 Å². The number of benzene rings is 4. The van der Waals surface area contributed by atoms with Crippen molar-refractivity contribution in [1.82, 2.24) is 4.40 Å². The smallest absolute Gasteiger partial charge is 0.166 e. The standard InChI is InChI=1S/C41H35NO2/c1-41(2)32-6-4-3-5-24(32)36-33(41)17-28-27-15-25-20-7-11-22(12-8-20)39(43)29(25)18-34(27)42-35-19-30-26(16-31(35)37(36)38(28)42)21-9-13-23(14-10-21)40(30)44/h3-6,15-23H,7-14H2,1-2H3. The molecule has 6 aromatic rings. The van der Waals surface area contributed by atoms with Gasteiger partial charge in [0.15, 0.2) is 11.6 Å². The molecular formula is C41H35NO2. The van der Waals surface area contributed by atoms with Crippen molar-refractivity contribution in [3.05, 3.63) is 88.0 Å². The van der Waals surface area contributed by atoms with Crippen LogP contribution >= 0.6 is 0 Å². The molecule has 2 heterocycles. The summed E-state index contributed by atoms with van der Waals surface area (Å²) < 4.78 is 2.45. The Bertz CT molecular complexity index is 2320. The van der Waals surface area contributed by atoms with Gasteiger partial charge in [-0.05, 0) is 127 Å². The molecule has 0 saturated heterocycles. The summed E-state index contributed by atoms with van der Waals surface area (Å²) in [5, 5.41) is 5.16. The SMILES string of the molecule is CC1(C)c2ccccc2-c2c1cc1c3cc4c(cc3n3c5cc6c(cc5c2c13)C1CCC(CC1)C6=O)C(=O)C1CCC4CC1. The molecule has 0 aliphatic heterocycles. The van der Waals surface area contributed by atoms with Crippen LogP contribution in [-0.2, 0) is 5.41 Å². The van der Waals surface area contributed by atoms with Gasteiger partial charge in [-0.25, -0.2) is 0 Å². The minimum Gasteiger partial charge on any atom is -0.308 e. The lowest BCUT2D eigenvalue weighted by Crippen LogP contribution is -2.15. The van der Waals surface area contributed by atoms with E-state index in [1.54, 1.807) is 0 Å². The van der Waals surface area contributed by atoms with Crippen LogP contribution < -0.4 is 0 Å². The summed E-state index contributed by atoms with van der Waals surface area (Å²) in [4.78, 5) is 27.8. The van der Waals surface area contributed by atoms with E-state index in [4.69, 9.17) is 0 Å². The number of Topliss-reactive ketones (excluding diaryl/α,β-unsaturated/α-hetero) is 2. The Morgan fingerprint density at radius 1 is 0.591 bits per heavy atom. The number of aromatic nitrogens is 1. The van der Waals surface area contributed by atoms with Crippen molar-refractivity contribution in [3.8, 4) is 11.1 Å². The van der Waals surface area contributed by atoms with Crippen LogP contribution in [0.15, 0.2) is 54.6 Å². The Balaban J connectivity index is 1.36. The van der Waals surface area contributed by atoms with Gasteiger partial charge in [0.2, 0.25) is 0 Å². The first-order valence-electron chi connectivity index (χ1n) is 17.0. The average molecular weight is 574 g/mol. The van der Waals surface area contributed by atoms with Crippen molar-refractivity contribution in [1.29, 1.82) is 0 Å². The number of ketones is 2. The quantitative estimate of drug-likeness (QED) is 0.181. The van der Waals surface area contributed by atoms with Crippen LogP contribution in [0, 0.1) is 11.8 Å². The molecule has 2 saturated carbocycles. The van der Waals surface area contributed by atoms with Gasteiger partial charge >= 0.3 is 0 Å². The van der Waals surface area contributed by atoms with Crippen LogP contribution in [-0.4, -0.2) is 16.0 Å². The molecule has 0 atom stereocenters. The Kier molecular flexibility index (Phi) is 4.32. The predicted molar refractivity (Wildman–Crippen MR) is 177 cm³/mol. The van der Waals surface area contributed by atoms with Gasteiger partial charge in [-0.3, -0.25) is 9.59 Å². The van der Waals surface area contributed by atoms with Gasteiger partial charge in [0.1, 0.15) is 0 Å². The second-order valence-electron chi connectivity index (χ2n) is 15.3. The highest BCUT2D eigenvalue weighted by atomic mass is 16.1. The van der Waals surface area contributed by atoms with Gasteiger partial charge in [-0.15, -0.1) is 0 Å². The lowest BCUT2D eigenvalue weighted by Gasteiger charge is -2.22. The van der Waals surface area contributed by atoms with Gasteiger partial charge in [0.05, 0.1) is 16.6 Å². The number of carbonyl (C=O) groups excluding carboxylic acids is 2. The minimum atomic E-state index is -0.117. The molecule has 2 aromatic heterocycles. The maximum atomic E-state index is 13.9. The Hall–Kier alpha value is -3.98. The highest BCUT2D eigenvalue weighted by molar-refractivity contribution is 6.29. The van der Waals surface area contributed by atoms with Crippen LogP contribution in [0.1, 0.15) is 120 Å². The van der Waals surface area contributed by atoms with E-state index >= 15 is 0 Å². The van der Waals surface area contributed by atoms with Crippen molar-refractivity contribution in [2.24, 2.45) is 11.8 Å². The van der Waals surface area contributed by atoms with Crippen LogP contribution in [0.2, 0.25) is 0 Å². The van der Waals surface area contributed by atoms with Crippen LogP contribution in [0.25, 0.3) is 49.2 Å². The van der Waals surface area contributed by atoms with Crippen LogP contribution in [0.4, 0.5) is 0 Å². The van der Waals surface area contributed by atoms with Gasteiger partial charge in [-0.2, -0.15) is 0 Å². The molecule has 4 aromatic carbocycles. The van der Waals surface area contributed by atoms with Gasteiger partial charge in [0.25, 0.3) is 0 Å². The number of carbonyl (C=O) groups is 2.